The van der Waals surface area contributed by atoms with Crippen LogP contribution in [-0.2, 0) is 19.1 Å². The van der Waals surface area contributed by atoms with Crippen LogP contribution in [0.3, 0.4) is 0 Å². The van der Waals surface area contributed by atoms with E-state index in [9.17, 15) is 14.4 Å². The van der Waals surface area contributed by atoms with E-state index in [4.69, 9.17) is 9.47 Å². The molecule has 0 aromatic heterocycles. The van der Waals surface area contributed by atoms with Crippen molar-refractivity contribution < 1.29 is 23.9 Å². The van der Waals surface area contributed by atoms with Gasteiger partial charge in [-0.25, -0.2) is 4.79 Å². The summed E-state index contributed by atoms with van der Waals surface area (Å²) < 4.78 is 10.4. The molecule has 7 nitrogen and oxygen atoms in total. The fourth-order valence-corrected chi connectivity index (χ4v) is 3.94. The molecule has 0 heterocycles. The summed E-state index contributed by atoms with van der Waals surface area (Å²) in [5.74, 6) is -1.27. The number of ether oxygens (including phenoxy) is 2. The summed E-state index contributed by atoms with van der Waals surface area (Å²) in [5.41, 5.74) is 4.51. The monoisotopic (exact) mass is 450 g/mol. The second-order valence-corrected chi connectivity index (χ2v) is 8.02. The zero-order valence-electron chi connectivity index (χ0n) is 19.0. The van der Waals surface area contributed by atoms with Crippen LogP contribution in [0.4, 0.5) is 4.79 Å². The number of carbonyl (C=O) groups is 3. The van der Waals surface area contributed by atoms with Crippen LogP contribution in [0.15, 0.2) is 61.2 Å². The lowest BCUT2D eigenvalue weighted by Crippen LogP contribution is -2.51. The number of hydrogen-bond acceptors (Lipinski definition) is 5. The lowest BCUT2D eigenvalue weighted by atomic mass is 9.98. The molecule has 0 unspecified atom stereocenters. The van der Waals surface area contributed by atoms with Gasteiger partial charge in [-0.2, -0.15) is 0 Å². The Morgan fingerprint density at radius 3 is 2.21 bits per heavy atom. The fraction of sp³-hybridized carbons (Fsp3) is 0.346. The van der Waals surface area contributed by atoms with Crippen LogP contribution in [0, 0.1) is 5.92 Å². The molecule has 0 aliphatic heterocycles. The third-order valence-electron chi connectivity index (χ3n) is 5.88. The van der Waals surface area contributed by atoms with E-state index >= 15 is 0 Å². The van der Waals surface area contributed by atoms with E-state index < -0.39 is 24.0 Å². The van der Waals surface area contributed by atoms with Crippen molar-refractivity contribution in [3.63, 3.8) is 0 Å². The molecular formula is C26H30N2O5. The molecule has 0 spiro atoms. The minimum atomic E-state index is -0.835. The maximum atomic E-state index is 12.6. The van der Waals surface area contributed by atoms with Crippen molar-refractivity contribution in [3.8, 4) is 11.1 Å². The number of carbonyl (C=O) groups excluding carboxylic acids is 3. The minimum absolute atomic E-state index is 0.0707. The van der Waals surface area contributed by atoms with E-state index in [0.717, 1.165) is 22.3 Å². The summed E-state index contributed by atoms with van der Waals surface area (Å²) in [6, 6.07) is 15.3. The molecule has 0 saturated carbocycles. The van der Waals surface area contributed by atoms with Crippen LogP contribution in [0.5, 0.6) is 0 Å². The molecule has 1 aliphatic rings. The van der Waals surface area contributed by atoms with Crippen LogP contribution in [0.2, 0.25) is 0 Å². The largest absolute Gasteiger partial charge is 0.460 e. The molecule has 0 saturated heterocycles. The van der Waals surface area contributed by atoms with Gasteiger partial charge in [0.2, 0.25) is 5.91 Å². The van der Waals surface area contributed by atoms with E-state index in [2.05, 4.69) is 29.3 Å². The zero-order chi connectivity index (χ0) is 23.8. The summed E-state index contributed by atoms with van der Waals surface area (Å²) in [4.78, 5) is 36.9. The summed E-state index contributed by atoms with van der Waals surface area (Å²) in [6.07, 6.45) is 1.43. The van der Waals surface area contributed by atoms with Gasteiger partial charge in [0.05, 0.1) is 0 Å². The first kappa shape index (κ1) is 24.0. The number of amides is 2. The predicted octanol–water partition coefficient (Wildman–Crippen LogP) is 3.79. The van der Waals surface area contributed by atoms with Gasteiger partial charge >= 0.3 is 12.1 Å². The van der Waals surface area contributed by atoms with Gasteiger partial charge in [0, 0.05) is 5.92 Å². The van der Waals surface area contributed by atoms with E-state index in [-0.39, 0.29) is 31.6 Å². The van der Waals surface area contributed by atoms with Crippen molar-refractivity contribution >= 4 is 18.0 Å². The number of nitrogens with one attached hydrogen (secondary N) is 2. The fourth-order valence-electron chi connectivity index (χ4n) is 3.94. The lowest BCUT2D eigenvalue weighted by molar-refractivity contribution is -0.143. The second-order valence-electron chi connectivity index (χ2n) is 8.02. The third-order valence-corrected chi connectivity index (χ3v) is 5.88. The molecule has 1 aliphatic carbocycles. The van der Waals surface area contributed by atoms with Crippen LogP contribution >= 0.6 is 0 Å². The van der Waals surface area contributed by atoms with Crippen molar-refractivity contribution in [3.05, 3.63) is 72.3 Å². The Bertz CT molecular complexity index is 974. The summed E-state index contributed by atoms with van der Waals surface area (Å²) in [7, 11) is 0. The number of alkyl carbamates (subject to hydrolysis) is 1. The molecule has 2 amide bonds. The Labute approximate surface area is 194 Å². The predicted molar refractivity (Wildman–Crippen MR) is 126 cm³/mol. The van der Waals surface area contributed by atoms with Crippen molar-refractivity contribution in [2.24, 2.45) is 5.92 Å². The van der Waals surface area contributed by atoms with Gasteiger partial charge < -0.3 is 20.1 Å². The highest BCUT2D eigenvalue weighted by molar-refractivity contribution is 5.88. The molecule has 0 bridgehead atoms. The van der Waals surface area contributed by atoms with E-state index in [0.29, 0.717) is 6.42 Å². The Hall–Kier alpha value is -3.61. The molecule has 174 valence electrons. The molecule has 0 fully saturated rings. The average Bonchev–Trinajstić information content (AvgIpc) is 3.16. The van der Waals surface area contributed by atoms with Crippen LogP contribution in [0.1, 0.15) is 37.3 Å². The molecule has 2 aromatic rings. The van der Waals surface area contributed by atoms with Gasteiger partial charge in [-0.1, -0.05) is 81.5 Å². The Kier molecular flexibility index (Phi) is 8.24. The van der Waals surface area contributed by atoms with Gasteiger partial charge in [-0.05, 0) is 28.2 Å². The Balaban J connectivity index is 1.61. The quantitative estimate of drug-likeness (QED) is 0.424. The SMILES string of the molecule is C=CCOC(=O)CNC(=O)[C@@H](NC(=O)OCC1c2ccccc2-c2ccccc21)[C@@H](C)CC. The molecule has 2 N–H and O–H groups in total. The smallest absolute Gasteiger partial charge is 0.407 e. The maximum absolute atomic E-state index is 12.6. The molecule has 2 aromatic carbocycles. The first-order valence-corrected chi connectivity index (χ1v) is 11.1. The molecular weight excluding hydrogens is 420 g/mol. The van der Waals surface area contributed by atoms with Crippen molar-refractivity contribution in [2.45, 2.75) is 32.2 Å². The summed E-state index contributed by atoms with van der Waals surface area (Å²) in [5, 5.41) is 5.18. The first-order chi connectivity index (χ1) is 16.0. The number of fused-ring (bicyclic) bond motifs is 3. The van der Waals surface area contributed by atoms with E-state index in [1.165, 1.54) is 6.08 Å². The minimum Gasteiger partial charge on any atom is -0.460 e. The normalized spacial score (nSPS) is 13.8. The summed E-state index contributed by atoms with van der Waals surface area (Å²) in [6.45, 7) is 7.18. The van der Waals surface area contributed by atoms with E-state index in [1.54, 1.807) is 0 Å². The highest BCUT2D eigenvalue weighted by atomic mass is 16.5. The molecule has 0 radical (unpaired) electrons. The van der Waals surface area contributed by atoms with Crippen molar-refractivity contribution in [1.29, 1.82) is 0 Å². The van der Waals surface area contributed by atoms with Crippen LogP contribution < -0.4 is 10.6 Å². The molecule has 33 heavy (non-hydrogen) atoms. The Morgan fingerprint density at radius 2 is 1.64 bits per heavy atom. The molecule has 3 rings (SSSR count). The lowest BCUT2D eigenvalue weighted by Gasteiger charge is -2.23. The third kappa shape index (κ3) is 5.80. The number of benzene rings is 2. The number of esters is 1. The number of rotatable bonds is 10. The van der Waals surface area contributed by atoms with Gasteiger partial charge in [0.25, 0.3) is 0 Å². The topological polar surface area (TPSA) is 93.7 Å². The van der Waals surface area contributed by atoms with Crippen molar-refractivity contribution in [1.82, 2.24) is 10.6 Å². The maximum Gasteiger partial charge on any atom is 0.407 e. The van der Waals surface area contributed by atoms with Gasteiger partial charge in [-0.15, -0.1) is 0 Å². The Morgan fingerprint density at radius 1 is 1.03 bits per heavy atom. The average molecular weight is 451 g/mol. The standard InChI is InChI=1S/C26H30N2O5/c1-4-14-32-23(29)15-27-25(30)24(17(3)5-2)28-26(31)33-16-22-20-12-8-6-10-18(20)19-11-7-9-13-21(19)22/h4,6-13,17,22,24H,1,5,14-16H2,2-3H3,(H,27,30)(H,28,31)/t17-,24-/m0/s1. The summed E-state index contributed by atoms with van der Waals surface area (Å²) >= 11 is 0. The van der Waals surface area contributed by atoms with Crippen LogP contribution in [-0.4, -0.2) is 43.8 Å². The van der Waals surface area contributed by atoms with Gasteiger partial charge in [-0.3, -0.25) is 9.59 Å². The molecule has 7 heteroatoms. The second kappa shape index (κ2) is 11.3. The van der Waals surface area contributed by atoms with Crippen LogP contribution in [0.25, 0.3) is 11.1 Å². The zero-order valence-corrected chi connectivity index (χ0v) is 19.0. The van der Waals surface area contributed by atoms with Gasteiger partial charge in [0.1, 0.15) is 25.8 Å². The van der Waals surface area contributed by atoms with E-state index in [1.807, 2.05) is 50.2 Å². The van der Waals surface area contributed by atoms with Gasteiger partial charge in [0.15, 0.2) is 0 Å². The highest BCUT2D eigenvalue weighted by Crippen LogP contribution is 2.44. The number of hydrogen-bond donors (Lipinski definition) is 2. The highest BCUT2D eigenvalue weighted by Gasteiger charge is 2.31. The first-order valence-electron chi connectivity index (χ1n) is 11.1. The molecule has 2 atom stereocenters. The van der Waals surface area contributed by atoms with Crippen molar-refractivity contribution in [2.75, 3.05) is 19.8 Å².